The van der Waals surface area contributed by atoms with Crippen molar-refractivity contribution in [2.75, 3.05) is 5.32 Å². The van der Waals surface area contributed by atoms with Crippen LogP contribution in [0, 0.1) is 11.6 Å². The van der Waals surface area contributed by atoms with Crippen LogP contribution < -0.4 is 10.6 Å². The van der Waals surface area contributed by atoms with Crippen LogP contribution in [0.4, 0.5) is 19.3 Å². The standard InChI is InChI=1S/C12H13BrF2N2O3/c1-2-6(3-11(18)19)16-12(20)17-10-5-8(14)7(13)4-9(10)15/h4-6H,2-3H2,1H3,(H,18,19)(H2,16,17,20). The largest absolute Gasteiger partial charge is 0.481 e. The Morgan fingerprint density at radius 1 is 1.35 bits per heavy atom. The highest BCUT2D eigenvalue weighted by molar-refractivity contribution is 9.10. The summed E-state index contributed by atoms with van der Waals surface area (Å²) in [6, 6.07) is 0.339. The lowest BCUT2D eigenvalue weighted by molar-refractivity contribution is -0.137. The van der Waals surface area contributed by atoms with Crippen LogP contribution in [0.25, 0.3) is 0 Å². The first-order valence-corrected chi connectivity index (χ1v) is 6.56. The van der Waals surface area contributed by atoms with Crippen molar-refractivity contribution in [2.24, 2.45) is 0 Å². The molecule has 110 valence electrons. The molecule has 1 aromatic carbocycles. The summed E-state index contributed by atoms with van der Waals surface area (Å²) in [6.45, 7) is 1.70. The molecular weight excluding hydrogens is 338 g/mol. The van der Waals surface area contributed by atoms with E-state index in [0.29, 0.717) is 6.42 Å². The van der Waals surface area contributed by atoms with Crippen LogP contribution in [0.1, 0.15) is 19.8 Å². The molecule has 0 radical (unpaired) electrons. The van der Waals surface area contributed by atoms with Gasteiger partial charge in [0.25, 0.3) is 0 Å². The topological polar surface area (TPSA) is 78.4 Å². The summed E-state index contributed by atoms with van der Waals surface area (Å²) in [6.07, 6.45) is 0.151. The first kappa shape index (κ1) is 16.4. The Labute approximate surface area is 122 Å². The molecule has 0 aromatic heterocycles. The monoisotopic (exact) mass is 350 g/mol. The Morgan fingerprint density at radius 3 is 2.55 bits per heavy atom. The fourth-order valence-electron chi connectivity index (χ4n) is 1.47. The van der Waals surface area contributed by atoms with Crippen LogP contribution in [0.15, 0.2) is 16.6 Å². The van der Waals surface area contributed by atoms with Gasteiger partial charge in [0.15, 0.2) is 0 Å². The molecule has 0 saturated heterocycles. The molecule has 0 bridgehead atoms. The van der Waals surface area contributed by atoms with Crippen LogP contribution >= 0.6 is 15.9 Å². The van der Waals surface area contributed by atoms with Crippen molar-refractivity contribution in [1.82, 2.24) is 5.32 Å². The number of aliphatic carboxylic acids is 1. The van der Waals surface area contributed by atoms with E-state index in [1.807, 2.05) is 0 Å². The van der Waals surface area contributed by atoms with Crippen molar-refractivity contribution < 1.29 is 23.5 Å². The third kappa shape index (κ3) is 4.76. The fourth-order valence-corrected chi connectivity index (χ4v) is 1.79. The third-order valence-electron chi connectivity index (χ3n) is 2.51. The number of benzene rings is 1. The van der Waals surface area contributed by atoms with Crippen molar-refractivity contribution in [2.45, 2.75) is 25.8 Å². The number of amides is 2. The number of carbonyl (C=O) groups is 2. The van der Waals surface area contributed by atoms with E-state index >= 15 is 0 Å². The number of nitrogens with one attached hydrogen (secondary N) is 2. The quantitative estimate of drug-likeness (QED) is 0.714. The predicted octanol–water partition coefficient (Wildman–Crippen LogP) is 3.10. The molecule has 8 heteroatoms. The summed E-state index contributed by atoms with van der Waals surface area (Å²) in [4.78, 5) is 22.2. The van der Waals surface area contributed by atoms with Crippen LogP contribution in [0.5, 0.6) is 0 Å². The molecule has 20 heavy (non-hydrogen) atoms. The highest BCUT2D eigenvalue weighted by Gasteiger charge is 2.16. The SMILES string of the molecule is CCC(CC(=O)O)NC(=O)Nc1cc(F)c(Br)cc1F. The average Bonchev–Trinajstić information content (AvgIpc) is 2.34. The molecule has 3 N–H and O–H groups in total. The average molecular weight is 351 g/mol. The van der Waals surface area contributed by atoms with Gasteiger partial charge in [0, 0.05) is 12.1 Å². The van der Waals surface area contributed by atoms with E-state index in [2.05, 4.69) is 26.6 Å². The first-order chi connectivity index (χ1) is 9.33. The Balaban J connectivity index is 2.71. The lowest BCUT2D eigenvalue weighted by atomic mass is 10.1. The number of urea groups is 1. The number of carbonyl (C=O) groups excluding carboxylic acids is 1. The van der Waals surface area contributed by atoms with E-state index in [4.69, 9.17) is 5.11 Å². The zero-order chi connectivity index (χ0) is 15.3. The first-order valence-electron chi connectivity index (χ1n) is 5.77. The normalized spacial score (nSPS) is 11.8. The van der Waals surface area contributed by atoms with E-state index < -0.39 is 29.7 Å². The lowest BCUT2D eigenvalue weighted by Gasteiger charge is -2.15. The summed E-state index contributed by atoms with van der Waals surface area (Å²) < 4.78 is 26.7. The Kier molecular flexibility index (Phi) is 5.87. The smallest absolute Gasteiger partial charge is 0.319 e. The second kappa shape index (κ2) is 7.18. The molecule has 1 unspecified atom stereocenters. The highest BCUT2D eigenvalue weighted by Crippen LogP contribution is 2.23. The molecule has 0 spiro atoms. The van der Waals surface area contributed by atoms with Gasteiger partial charge in [0.2, 0.25) is 0 Å². The van der Waals surface area contributed by atoms with Gasteiger partial charge in [0.1, 0.15) is 11.6 Å². The van der Waals surface area contributed by atoms with E-state index in [1.54, 1.807) is 6.92 Å². The van der Waals surface area contributed by atoms with Crippen molar-refractivity contribution in [1.29, 1.82) is 0 Å². The van der Waals surface area contributed by atoms with Gasteiger partial charge in [-0.1, -0.05) is 6.92 Å². The van der Waals surface area contributed by atoms with Gasteiger partial charge in [-0.2, -0.15) is 0 Å². The molecule has 1 rings (SSSR count). The van der Waals surface area contributed by atoms with E-state index in [9.17, 15) is 18.4 Å². The zero-order valence-corrected chi connectivity index (χ0v) is 12.1. The fraction of sp³-hybridized carbons (Fsp3) is 0.333. The number of halogens is 3. The molecule has 5 nitrogen and oxygen atoms in total. The molecular formula is C12H13BrF2N2O3. The Hall–Kier alpha value is -1.70. The molecule has 0 fully saturated rings. The highest BCUT2D eigenvalue weighted by atomic mass is 79.9. The van der Waals surface area contributed by atoms with Gasteiger partial charge >= 0.3 is 12.0 Å². The van der Waals surface area contributed by atoms with E-state index in [0.717, 1.165) is 12.1 Å². The maximum Gasteiger partial charge on any atom is 0.319 e. The summed E-state index contributed by atoms with van der Waals surface area (Å²) in [5.74, 6) is -2.59. The van der Waals surface area contributed by atoms with Gasteiger partial charge in [-0.3, -0.25) is 4.79 Å². The maximum atomic E-state index is 13.5. The molecule has 0 saturated carbocycles. The zero-order valence-electron chi connectivity index (χ0n) is 10.5. The lowest BCUT2D eigenvalue weighted by Crippen LogP contribution is -2.39. The van der Waals surface area contributed by atoms with E-state index in [1.165, 1.54) is 0 Å². The summed E-state index contributed by atoms with van der Waals surface area (Å²) in [7, 11) is 0. The van der Waals surface area contributed by atoms with Gasteiger partial charge in [-0.05, 0) is 28.4 Å². The Bertz CT molecular complexity index is 526. The van der Waals surface area contributed by atoms with Gasteiger partial charge in [-0.15, -0.1) is 0 Å². The number of hydrogen-bond acceptors (Lipinski definition) is 2. The molecule has 0 aliphatic heterocycles. The molecule has 0 aliphatic carbocycles. The van der Waals surface area contributed by atoms with Crippen molar-refractivity contribution >= 4 is 33.6 Å². The van der Waals surface area contributed by atoms with Crippen LogP contribution in [0.2, 0.25) is 0 Å². The Morgan fingerprint density at radius 2 is 2.00 bits per heavy atom. The van der Waals surface area contributed by atoms with Crippen LogP contribution in [-0.2, 0) is 4.79 Å². The summed E-state index contributed by atoms with van der Waals surface area (Å²) in [5.41, 5.74) is -0.326. The summed E-state index contributed by atoms with van der Waals surface area (Å²) in [5, 5.41) is 13.2. The molecule has 1 atom stereocenters. The minimum Gasteiger partial charge on any atom is -0.481 e. The van der Waals surface area contributed by atoms with Crippen LogP contribution in [0.3, 0.4) is 0 Å². The van der Waals surface area contributed by atoms with Gasteiger partial charge < -0.3 is 15.7 Å². The second-order valence-electron chi connectivity index (χ2n) is 4.05. The van der Waals surface area contributed by atoms with Crippen LogP contribution in [-0.4, -0.2) is 23.1 Å². The van der Waals surface area contributed by atoms with E-state index in [-0.39, 0.29) is 16.6 Å². The number of carboxylic acids is 1. The number of rotatable bonds is 5. The third-order valence-corrected chi connectivity index (χ3v) is 3.11. The predicted molar refractivity (Wildman–Crippen MR) is 72.5 cm³/mol. The number of anilines is 1. The number of carboxylic acid groups (broad SMARTS) is 1. The molecule has 0 aliphatic rings. The summed E-state index contributed by atoms with van der Waals surface area (Å²) >= 11 is 2.82. The minimum atomic E-state index is -1.06. The molecule has 2 amide bonds. The van der Waals surface area contributed by atoms with Crippen molar-refractivity contribution in [3.63, 3.8) is 0 Å². The maximum absolute atomic E-state index is 13.5. The van der Waals surface area contributed by atoms with Gasteiger partial charge in [-0.25, -0.2) is 13.6 Å². The van der Waals surface area contributed by atoms with Gasteiger partial charge in [0.05, 0.1) is 16.6 Å². The second-order valence-corrected chi connectivity index (χ2v) is 4.90. The molecule has 0 heterocycles. The van der Waals surface area contributed by atoms with Crippen molar-refractivity contribution in [3.05, 3.63) is 28.2 Å². The molecule has 1 aromatic rings. The number of hydrogen-bond donors (Lipinski definition) is 3. The minimum absolute atomic E-state index is 0.0572. The van der Waals surface area contributed by atoms with Crippen molar-refractivity contribution in [3.8, 4) is 0 Å².